The number of rotatable bonds is 3. The van der Waals surface area contributed by atoms with E-state index < -0.39 is 11.6 Å². The van der Waals surface area contributed by atoms with E-state index in [2.05, 4.69) is 4.74 Å². The Bertz CT molecular complexity index is 187. The Morgan fingerprint density at radius 1 is 1.73 bits per heavy atom. The van der Waals surface area contributed by atoms with Crippen molar-refractivity contribution in [1.29, 1.82) is 5.26 Å². The lowest BCUT2D eigenvalue weighted by molar-refractivity contribution is -0.153. The van der Waals surface area contributed by atoms with Crippen LogP contribution < -0.4 is 0 Å². The minimum Gasteiger partial charge on any atom is -0.463 e. The molecule has 3 nitrogen and oxygen atoms in total. The Balaban J connectivity index is 4.28. The number of alkyl halides is 1. The van der Waals surface area contributed by atoms with Gasteiger partial charge in [-0.15, -0.1) is 0 Å². The van der Waals surface area contributed by atoms with E-state index in [1.54, 1.807) is 6.92 Å². The van der Waals surface area contributed by atoms with Crippen LogP contribution in [0.5, 0.6) is 0 Å². The molecule has 1 atom stereocenters. The first kappa shape index (κ1) is 9.89. The predicted molar refractivity (Wildman–Crippen MR) is 36.4 cm³/mol. The molecule has 0 aliphatic heterocycles. The zero-order valence-electron chi connectivity index (χ0n) is 6.56. The number of nitrogens with zero attached hydrogens (tertiary/aromatic N) is 1. The Morgan fingerprint density at radius 3 is 2.55 bits per heavy atom. The van der Waals surface area contributed by atoms with Crippen LogP contribution in [0, 0.1) is 11.3 Å². The maximum Gasteiger partial charge on any atom is 0.358 e. The number of ether oxygens (including phenoxy) is 1. The number of halogens is 1. The second-order valence-corrected chi connectivity index (χ2v) is 1.99. The zero-order valence-corrected chi connectivity index (χ0v) is 6.56. The fourth-order valence-electron chi connectivity index (χ4n) is 0.515. The molecule has 62 valence electrons. The molecule has 0 aromatic carbocycles. The highest BCUT2D eigenvalue weighted by Crippen LogP contribution is 2.16. The third kappa shape index (κ3) is 2.19. The van der Waals surface area contributed by atoms with Crippen molar-refractivity contribution in [3.63, 3.8) is 0 Å². The van der Waals surface area contributed by atoms with Crippen molar-refractivity contribution in [2.24, 2.45) is 0 Å². The number of esters is 1. The molecule has 0 heterocycles. The third-order valence-electron chi connectivity index (χ3n) is 1.26. The molecule has 0 saturated heterocycles. The molecule has 0 bridgehead atoms. The number of nitriles is 1. The summed E-state index contributed by atoms with van der Waals surface area (Å²) in [6, 6.07) is 1.27. The van der Waals surface area contributed by atoms with Gasteiger partial charge in [0.2, 0.25) is 0 Å². The Labute approximate surface area is 64.8 Å². The van der Waals surface area contributed by atoms with E-state index in [4.69, 9.17) is 5.26 Å². The largest absolute Gasteiger partial charge is 0.463 e. The second kappa shape index (κ2) is 3.91. The molecule has 0 spiro atoms. The SMILES string of the molecule is CCOC(=O)C(F)(C#N)CC. The van der Waals surface area contributed by atoms with Gasteiger partial charge in [0.15, 0.2) is 0 Å². The molecule has 0 saturated carbocycles. The van der Waals surface area contributed by atoms with Gasteiger partial charge < -0.3 is 4.74 Å². The van der Waals surface area contributed by atoms with Crippen LogP contribution in [-0.4, -0.2) is 18.2 Å². The molecule has 0 aromatic rings. The molecule has 0 aliphatic carbocycles. The molecule has 1 unspecified atom stereocenters. The van der Waals surface area contributed by atoms with E-state index in [0.29, 0.717) is 0 Å². The quantitative estimate of drug-likeness (QED) is 0.581. The van der Waals surface area contributed by atoms with E-state index >= 15 is 0 Å². The van der Waals surface area contributed by atoms with Crippen LogP contribution in [0.25, 0.3) is 0 Å². The van der Waals surface area contributed by atoms with Gasteiger partial charge in [0.25, 0.3) is 5.67 Å². The van der Waals surface area contributed by atoms with Crippen molar-refractivity contribution >= 4 is 5.97 Å². The molecule has 0 N–H and O–H groups in total. The van der Waals surface area contributed by atoms with Crippen LogP contribution in [0.3, 0.4) is 0 Å². The van der Waals surface area contributed by atoms with Gasteiger partial charge in [-0.2, -0.15) is 5.26 Å². The summed E-state index contributed by atoms with van der Waals surface area (Å²) in [5, 5.41) is 8.26. The van der Waals surface area contributed by atoms with Gasteiger partial charge in [-0.3, -0.25) is 0 Å². The van der Waals surface area contributed by atoms with Gasteiger partial charge in [-0.25, -0.2) is 9.18 Å². The first-order valence-electron chi connectivity index (χ1n) is 3.38. The normalized spacial score (nSPS) is 14.7. The molecule has 0 rings (SSSR count). The third-order valence-corrected chi connectivity index (χ3v) is 1.26. The Kier molecular flexibility index (Phi) is 3.52. The summed E-state index contributed by atoms with van der Waals surface area (Å²) in [6.45, 7) is 3.07. The van der Waals surface area contributed by atoms with Crippen molar-refractivity contribution in [3.05, 3.63) is 0 Å². The van der Waals surface area contributed by atoms with Crippen LogP contribution in [0.15, 0.2) is 0 Å². The molecule has 0 radical (unpaired) electrons. The van der Waals surface area contributed by atoms with Crippen molar-refractivity contribution < 1.29 is 13.9 Å². The minimum absolute atomic E-state index is 0.0895. The number of carbonyl (C=O) groups is 1. The van der Waals surface area contributed by atoms with E-state index in [9.17, 15) is 9.18 Å². The summed E-state index contributed by atoms with van der Waals surface area (Å²) in [7, 11) is 0. The first-order chi connectivity index (χ1) is 5.10. The second-order valence-electron chi connectivity index (χ2n) is 1.99. The summed E-state index contributed by atoms with van der Waals surface area (Å²) in [5.41, 5.74) is -2.46. The van der Waals surface area contributed by atoms with Crippen molar-refractivity contribution in [2.75, 3.05) is 6.61 Å². The average molecular weight is 159 g/mol. The molecular formula is C7H10FNO2. The number of carbonyl (C=O) groups excluding carboxylic acids is 1. The summed E-state index contributed by atoms with van der Waals surface area (Å²) < 4.78 is 17.3. The minimum atomic E-state index is -2.46. The van der Waals surface area contributed by atoms with Gasteiger partial charge in [0.05, 0.1) is 6.61 Å². The molecule has 0 aromatic heterocycles. The van der Waals surface area contributed by atoms with Crippen molar-refractivity contribution in [1.82, 2.24) is 0 Å². The smallest absolute Gasteiger partial charge is 0.358 e. The first-order valence-corrected chi connectivity index (χ1v) is 3.38. The van der Waals surface area contributed by atoms with E-state index in [1.165, 1.54) is 13.0 Å². The Morgan fingerprint density at radius 2 is 2.27 bits per heavy atom. The maximum atomic E-state index is 13.0. The van der Waals surface area contributed by atoms with E-state index in [0.717, 1.165) is 0 Å². The topological polar surface area (TPSA) is 50.1 Å². The monoisotopic (exact) mass is 159 g/mol. The summed E-state index contributed by atoms with van der Waals surface area (Å²) in [5.74, 6) is -1.09. The summed E-state index contributed by atoms with van der Waals surface area (Å²) in [6.07, 6.45) is -0.178. The van der Waals surface area contributed by atoms with Gasteiger partial charge in [0.1, 0.15) is 6.07 Å². The lowest BCUT2D eigenvalue weighted by atomic mass is 10.1. The predicted octanol–water partition coefficient (Wildman–Crippen LogP) is 1.19. The van der Waals surface area contributed by atoms with Crippen molar-refractivity contribution in [3.8, 4) is 6.07 Å². The van der Waals surface area contributed by atoms with E-state index in [1.807, 2.05) is 0 Å². The fourth-order valence-corrected chi connectivity index (χ4v) is 0.515. The van der Waals surface area contributed by atoms with E-state index in [-0.39, 0.29) is 13.0 Å². The molecular weight excluding hydrogens is 149 g/mol. The summed E-state index contributed by atoms with van der Waals surface area (Å²) >= 11 is 0. The van der Waals surface area contributed by atoms with Crippen LogP contribution in [-0.2, 0) is 9.53 Å². The highest BCUT2D eigenvalue weighted by molar-refractivity contribution is 5.82. The van der Waals surface area contributed by atoms with Crippen LogP contribution in [0.1, 0.15) is 20.3 Å². The van der Waals surface area contributed by atoms with Crippen LogP contribution in [0.2, 0.25) is 0 Å². The fraction of sp³-hybridized carbons (Fsp3) is 0.714. The van der Waals surface area contributed by atoms with Crippen LogP contribution in [0.4, 0.5) is 4.39 Å². The molecule has 4 heteroatoms. The van der Waals surface area contributed by atoms with Crippen LogP contribution >= 0.6 is 0 Å². The van der Waals surface area contributed by atoms with Gasteiger partial charge in [0, 0.05) is 6.42 Å². The Hall–Kier alpha value is -1.11. The summed E-state index contributed by atoms with van der Waals surface area (Å²) in [4.78, 5) is 10.7. The lowest BCUT2D eigenvalue weighted by Gasteiger charge is -2.12. The van der Waals surface area contributed by atoms with Crippen molar-refractivity contribution in [2.45, 2.75) is 25.9 Å². The van der Waals surface area contributed by atoms with Gasteiger partial charge >= 0.3 is 5.97 Å². The highest BCUT2D eigenvalue weighted by atomic mass is 19.1. The molecule has 0 aliphatic rings. The lowest BCUT2D eigenvalue weighted by Crippen LogP contribution is -2.33. The standard InChI is InChI=1S/C7H10FNO2/c1-3-7(8,5-9)6(10)11-4-2/h3-4H2,1-2H3. The molecule has 0 amide bonds. The zero-order chi connectivity index (χ0) is 8.91. The number of hydrogen-bond donors (Lipinski definition) is 0. The highest BCUT2D eigenvalue weighted by Gasteiger charge is 2.38. The molecule has 0 fully saturated rings. The average Bonchev–Trinajstić information content (AvgIpc) is 2.03. The number of hydrogen-bond acceptors (Lipinski definition) is 3. The maximum absolute atomic E-state index is 13.0. The van der Waals surface area contributed by atoms with Gasteiger partial charge in [-0.1, -0.05) is 6.92 Å². The molecule has 11 heavy (non-hydrogen) atoms. The van der Waals surface area contributed by atoms with Gasteiger partial charge in [-0.05, 0) is 6.92 Å².